The normalized spacial score (nSPS) is 23.3. The van der Waals surface area contributed by atoms with Crippen molar-refractivity contribution in [1.29, 1.82) is 0 Å². The molecule has 38 heavy (non-hydrogen) atoms. The fourth-order valence-corrected chi connectivity index (χ4v) is 3.56. The number of aliphatic hydroxyl groups is 2. The Morgan fingerprint density at radius 1 is 0.842 bits per heavy atom. The van der Waals surface area contributed by atoms with E-state index in [1.807, 2.05) is 0 Å². The van der Waals surface area contributed by atoms with Crippen molar-refractivity contribution < 1.29 is 64.3 Å². The summed E-state index contributed by atoms with van der Waals surface area (Å²) in [7, 11) is 0. The first kappa shape index (κ1) is 28.0. The number of aliphatic hydroxyl groups excluding tert-OH is 1. The first-order valence-corrected chi connectivity index (χ1v) is 11.0. The Balaban J connectivity index is 1.68. The van der Waals surface area contributed by atoms with Crippen LogP contribution in [0.5, 0.6) is 23.0 Å². The van der Waals surface area contributed by atoms with Gasteiger partial charge in [0.2, 0.25) is 5.79 Å². The maximum Gasteiger partial charge on any atom is 0.365 e. The van der Waals surface area contributed by atoms with Gasteiger partial charge in [0.1, 0.15) is 6.10 Å². The second-order valence-electron chi connectivity index (χ2n) is 8.24. The number of hydrogen-bond acceptors (Lipinski definition) is 13. The quantitative estimate of drug-likeness (QED) is 0.0507. The van der Waals surface area contributed by atoms with E-state index in [0.29, 0.717) is 11.1 Å². The van der Waals surface area contributed by atoms with Crippen LogP contribution in [0.3, 0.4) is 0 Å². The molecular formula is C25H24O13. The van der Waals surface area contributed by atoms with Gasteiger partial charge in [0.05, 0.1) is 12.5 Å². The highest BCUT2D eigenvalue weighted by atomic mass is 17.2. The maximum atomic E-state index is 12.4. The number of rotatable bonds is 9. The molecule has 0 amide bonds. The van der Waals surface area contributed by atoms with E-state index in [-0.39, 0.29) is 18.0 Å². The van der Waals surface area contributed by atoms with E-state index in [1.165, 1.54) is 48.6 Å². The smallest absolute Gasteiger partial charge is 0.365 e. The SMILES string of the molecule is O=COC1(O)CC(O)C(OOC(=O)/C=C/c2ccc(O)c(O)c2)C(OC(=O)/C=C/c2ccc(O)c(O)c2)C1. The molecule has 0 heterocycles. The minimum absolute atomic E-state index is 0.0457. The summed E-state index contributed by atoms with van der Waals surface area (Å²) in [5.74, 6) is -5.78. The fraction of sp³-hybridized carbons (Fsp3) is 0.240. The number of carbonyl (C=O) groups is 3. The molecule has 0 spiro atoms. The Bertz CT molecular complexity index is 1240. The summed E-state index contributed by atoms with van der Waals surface area (Å²) < 4.78 is 9.87. The average molecular weight is 532 g/mol. The molecule has 2 aromatic carbocycles. The van der Waals surface area contributed by atoms with Crippen molar-refractivity contribution in [3.05, 3.63) is 59.7 Å². The lowest BCUT2D eigenvalue weighted by Crippen LogP contribution is -2.56. The molecule has 6 N–H and O–H groups in total. The average Bonchev–Trinajstić information content (AvgIpc) is 2.85. The van der Waals surface area contributed by atoms with Crippen LogP contribution in [-0.4, -0.2) is 73.1 Å². The van der Waals surface area contributed by atoms with E-state index in [1.54, 1.807) is 0 Å². The summed E-state index contributed by atoms with van der Waals surface area (Å²) in [6, 6.07) is 7.57. The minimum atomic E-state index is -2.21. The second kappa shape index (κ2) is 12.1. The maximum absolute atomic E-state index is 12.4. The number of esters is 1. The van der Waals surface area contributed by atoms with E-state index in [4.69, 9.17) is 9.62 Å². The molecule has 1 saturated carbocycles. The summed E-state index contributed by atoms with van der Waals surface area (Å²) in [6.45, 7) is -0.0457. The van der Waals surface area contributed by atoms with Gasteiger partial charge in [-0.05, 0) is 47.5 Å². The number of phenolic OH excluding ortho intramolecular Hbond substituents is 4. The van der Waals surface area contributed by atoms with Crippen LogP contribution in [0.25, 0.3) is 12.2 Å². The van der Waals surface area contributed by atoms with Crippen molar-refractivity contribution in [2.75, 3.05) is 0 Å². The number of aromatic hydroxyl groups is 4. The third-order valence-corrected chi connectivity index (χ3v) is 5.39. The Hall–Kier alpha value is -4.59. The number of benzene rings is 2. The Morgan fingerprint density at radius 3 is 1.92 bits per heavy atom. The molecule has 0 aromatic heterocycles. The van der Waals surface area contributed by atoms with Gasteiger partial charge in [-0.2, -0.15) is 4.89 Å². The molecule has 1 aliphatic carbocycles. The highest BCUT2D eigenvalue weighted by molar-refractivity contribution is 5.87. The third-order valence-electron chi connectivity index (χ3n) is 5.39. The van der Waals surface area contributed by atoms with Gasteiger partial charge in [-0.15, -0.1) is 0 Å². The minimum Gasteiger partial charge on any atom is -0.504 e. The van der Waals surface area contributed by atoms with Crippen molar-refractivity contribution in [3.8, 4) is 23.0 Å². The Morgan fingerprint density at radius 2 is 1.39 bits per heavy atom. The van der Waals surface area contributed by atoms with Gasteiger partial charge in [-0.25, -0.2) is 9.59 Å². The molecule has 2 aromatic rings. The van der Waals surface area contributed by atoms with E-state index < -0.39 is 60.4 Å². The lowest BCUT2D eigenvalue weighted by molar-refractivity contribution is -0.347. The van der Waals surface area contributed by atoms with Gasteiger partial charge in [0.15, 0.2) is 29.1 Å². The molecule has 0 saturated heterocycles. The van der Waals surface area contributed by atoms with E-state index in [9.17, 15) is 45.0 Å². The second-order valence-corrected chi connectivity index (χ2v) is 8.24. The topological polar surface area (TPSA) is 210 Å². The molecule has 1 aliphatic rings. The first-order chi connectivity index (χ1) is 18.0. The molecule has 13 heteroatoms. The molecule has 3 rings (SSSR count). The molecule has 4 atom stereocenters. The highest BCUT2D eigenvalue weighted by Gasteiger charge is 2.50. The molecule has 0 aliphatic heterocycles. The lowest BCUT2D eigenvalue weighted by Gasteiger charge is -2.40. The zero-order chi connectivity index (χ0) is 27.9. The van der Waals surface area contributed by atoms with Gasteiger partial charge >= 0.3 is 11.9 Å². The Kier molecular flexibility index (Phi) is 8.91. The highest BCUT2D eigenvalue weighted by Crippen LogP contribution is 2.34. The van der Waals surface area contributed by atoms with Crippen molar-refractivity contribution >= 4 is 30.6 Å². The fourth-order valence-electron chi connectivity index (χ4n) is 3.56. The first-order valence-electron chi connectivity index (χ1n) is 11.0. The van der Waals surface area contributed by atoms with Crippen LogP contribution in [0, 0.1) is 0 Å². The third kappa shape index (κ3) is 7.46. The van der Waals surface area contributed by atoms with Crippen LogP contribution in [0.4, 0.5) is 0 Å². The van der Waals surface area contributed by atoms with Crippen LogP contribution in [-0.2, 0) is 33.6 Å². The van der Waals surface area contributed by atoms with E-state index >= 15 is 0 Å². The number of ether oxygens (including phenoxy) is 2. The van der Waals surface area contributed by atoms with E-state index in [0.717, 1.165) is 12.2 Å². The van der Waals surface area contributed by atoms with Crippen molar-refractivity contribution in [2.24, 2.45) is 0 Å². The number of carbonyl (C=O) groups excluding carboxylic acids is 3. The standard InChI is InChI=1S/C25H24O13/c26-13-35-25(34)11-20(31)24(38-37-23(33)8-4-15-2-6-17(28)19(30)10-15)21(12-25)36-22(32)7-3-14-1-5-16(27)18(29)9-14/h1-10,13,20-21,24,27-31,34H,11-12H2/b7-3+,8-4+. The van der Waals surface area contributed by atoms with Gasteiger partial charge in [-0.1, -0.05) is 12.1 Å². The van der Waals surface area contributed by atoms with Crippen LogP contribution in [0.15, 0.2) is 48.6 Å². The predicted molar refractivity (Wildman–Crippen MR) is 126 cm³/mol. The summed E-state index contributed by atoms with van der Waals surface area (Å²) >= 11 is 0. The molecule has 1 fully saturated rings. The van der Waals surface area contributed by atoms with Crippen molar-refractivity contribution in [1.82, 2.24) is 0 Å². The largest absolute Gasteiger partial charge is 0.504 e. The van der Waals surface area contributed by atoms with Gasteiger partial charge in [0.25, 0.3) is 6.47 Å². The molecule has 13 nitrogen and oxygen atoms in total. The predicted octanol–water partition coefficient (Wildman–Crippen LogP) is 1.01. The molecule has 0 radical (unpaired) electrons. The molecule has 202 valence electrons. The van der Waals surface area contributed by atoms with Crippen LogP contribution < -0.4 is 0 Å². The van der Waals surface area contributed by atoms with Crippen molar-refractivity contribution in [3.63, 3.8) is 0 Å². The summed E-state index contributed by atoms with van der Waals surface area (Å²) in [5, 5.41) is 58.6. The lowest BCUT2D eigenvalue weighted by atomic mass is 9.87. The monoisotopic (exact) mass is 532 g/mol. The van der Waals surface area contributed by atoms with Crippen LogP contribution in [0.1, 0.15) is 24.0 Å². The number of hydrogen-bond donors (Lipinski definition) is 6. The zero-order valence-electron chi connectivity index (χ0n) is 19.5. The zero-order valence-corrected chi connectivity index (χ0v) is 19.5. The summed E-state index contributed by atoms with van der Waals surface area (Å²) in [5.41, 5.74) is 0.670. The van der Waals surface area contributed by atoms with Gasteiger partial charge in [-0.3, -0.25) is 9.68 Å². The Labute approximate surface area is 214 Å². The summed E-state index contributed by atoms with van der Waals surface area (Å²) in [6.07, 6.45) is -1.29. The van der Waals surface area contributed by atoms with E-state index in [2.05, 4.69) is 9.62 Å². The van der Waals surface area contributed by atoms with Crippen LogP contribution in [0.2, 0.25) is 0 Å². The van der Waals surface area contributed by atoms with Crippen molar-refractivity contribution in [2.45, 2.75) is 36.9 Å². The summed E-state index contributed by atoms with van der Waals surface area (Å²) in [4.78, 5) is 45.0. The van der Waals surface area contributed by atoms with Crippen LogP contribution >= 0.6 is 0 Å². The molecular weight excluding hydrogens is 508 g/mol. The molecule has 4 unspecified atom stereocenters. The van der Waals surface area contributed by atoms with Gasteiger partial charge in [0, 0.05) is 18.6 Å². The molecule has 0 bridgehead atoms. The van der Waals surface area contributed by atoms with Gasteiger partial charge < -0.3 is 40.1 Å². The number of phenols is 4.